The molecule has 2 amide bonds. The summed E-state index contributed by atoms with van der Waals surface area (Å²) in [6, 6.07) is 14.2. The molecular weight excluding hydrogens is 608 g/mol. The Morgan fingerprint density at radius 3 is 2.56 bits per heavy atom. The van der Waals surface area contributed by atoms with Crippen molar-refractivity contribution in [2.75, 3.05) is 0 Å². The van der Waals surface area contributed by atoms with Crippen LogP contribution in [0.25, 0.3) is 0 Å². The number of carbonyl (C=O) groups is 3. The zero-order chi connectivity index (χ0) is 30.2. The molecule has 2 N–H and O–H groups in total. The highest BCUT2D eigenvalue weighted by Crippen LogP contribution is 2.69. The van der Waals surface area contributed by atoms with E-state index in [0.29, 0.717) is 17.4 Å². The van der Waals surface area contributed by atoms with Crippen molar-refractivity contribution in [2.45, 2.75) is 55.5 Å². The average molecular weight is 639 g/mol. The van der Waals surface area contributed by atoms with Gasteiger partial charge in [0.1, 0.15) is 18.4 Å². The number of carboxylic acids is 1. The number of likely N-dealkylation sites (tertiary alicyclic amines) is 1. The number of nitrogens with one attached hydrogen (secondary N) is 1. The van der Waals surface area contributed by atoms with E-state index in [1.807, 2.05) is 62.4 Å². The summed E-state index contributed by atoms with van der Waals surface area (Å²) in [6.45, 7) is 4.10. The first kappa shape index (κ1) is 28.7. The van der Waals surface area contributed by atoms with Gasteiger partial charge in [-0.25, -0.2) is 4.79 Å². The molecule has 0 radical (unpaired) electrons. The first-order valence-corrected chi connectivity index (χ1v) is 16.7. The lowest BCUT2D eigenvalue weighted by Gasteiger charge is -2.43. The number of nitrogens with zero attached hydrogens (tertiary/aromatic N) is 1. The SMILES string of the molecule is CC(C)CC(C(=O)O)N1C(=O)C2C3CC(C2C1=O)C1C3Sc2[nH]c(=O)sc2[C@@H]1c1ccccc1OCc1cccc(Cl)c1. The number of para-hydroxylation sites is 1. The number of ether oxygens (including phenoxy) is 1. The average Bonchev–Trinajstić information content (AvgIpc) is 3.70. The van der Waals surface area contributed by atoms with E-state index in [1.165, 1.54) is 11.3 Å². The number of aromatic nitrogens is 1. The smallest absolute Gasteiger partial charge is 0.326 e. The maximum atomic E-state index is 14.0. The highest BCUT2D eigenvalue weighted by molar-refractivity contribution is 8.00. The second kappa shape index (κ2) is 10.8. The van der Waals surface area contributed by atoms with Gasteiger partial charge in [0.2, 0.25) is 11.8 Å². The third kappa shape index (κ3) is 4.64. The molecule has 2 aliphatic carbocycles. The number of carbonyl (C=O) groups excluding carboxylic acids is 2. The van der Waals surface area contributed by atoms with Crippen LogP contribution < -0.4 is 9.61 Å². The number of imide groups is 1. The molecular formula is C32H31ClN2O6S2. The largest absolute Gasteiger partial charge is 0.489 e. The number of fused-ring (bicyclic) bond motifs is 9. The number of carboxylic acid groups (broad SMARTS) is 1. The lowest BCUT2D eigenvalue weighted by Crippen LogP contribution is -2.47. The molecule has 1 saturated heterocycles. The topological polar surface area (TPSA) is 117 Å². The molecule has 1 aromatic heterocycles. The number of benzene rings is 2. The fourth-order valence-electron chi connectivity index (χ4n) is 8.12. The monoisotopic (exact) mass is 638 g/mol. The van der Waals surface area contributed by atoms with Crippen LogP contribution in [0.15, 0.2) is 58.4 Å². The maximum Gasteiger partial charge on any atom is 0.326 e. The molecule has 224 valence electrons. The molecule has 8 nitrogen and oxygen atoms in total. The third-order valence-electron chi connectivity index (χ3n) is 9.59. The number of H-pyrrole nitrogens is 1. The Morgan fingerprint density at radius 1 is 1.09 bits per heavy atom. The maximum absolute atomic E-state index is 14.0. The molecule has 11 heteroatoms. The Bertz CT molecular complexity index is 1690. The van der Waals surface area contributed by atoms with Gasteiger partial charge in [-0.2, -0.15) is 0 Å². The number of halogens is 1. The Kier molecular flexibility index (Phi) is 7.22. The van der Waals surface area contributed by atoms with Crippen molar-refractivity contribution in [1.82, 2.24) is 9.88 Å². The predicted octanol–water partition coefficient (Wildman–Crippen LogP) is 5.64. The van der Waals surface area contributed by atoms with E-state index in [4.69, 9.17) is 16.3 Å². The van der Waals surface area contributed by atoms with Crippen molar-refractivity contribution in [2.24, 2.45) is 35.5 Å². The minimum atomic E-state index is -1.16. The van der Waals surface area contributed by atoms with Crippen molar-refractivity contribution in [3.8, 4) is 5.75 Å². The molecule has 2 bridgehead atoms. The van der Waals surface area contributed by atoms with Gasteiger partial charge in [-0.3, -0.25) is 19.3 Å². The zero-order valence-electron chi connectivity index (χ0n) is 23.6. The summed E-state index contributed by atoms with van der Waals surface area (Å²) in [5.41, 5.74) is 1.87. The van der Waals surface area contributed by atoms with Crippen LogP contribution in [0.4, 0.5) is 0 Å². The van der Waals surface area contributed by atoms with E-state index in [1.54, 1.807) is 11.8 Å². The minimum absolute atomic E-state index is 0.0000582. The Hall–Kier alpha value is -3.08. The van der Waals surface area contributed by atoms with Crippen molar-refractivity contribution < 1.29 is 24.2 Å². The standard InChI is InChI=1S/C32H31ClN2O6S2/c1-14(2)10-20(31(38)39)35-29(36)24-18-12-19(25(24)30(35)37)26-23(18)22(27-28(42-26)34-32(40)43-27)17-8-3-4-9-21(17)41-13-15-6-5-7-16(33)11-15/h3-9,11,14,18-20,22-26H,10,12-13H2,1-2H3,(H,34,40)(H,38,39)/t18?,19?,20?,22-,23?,24?,25?,26?/m1/s1. The van der Waals surface area contributed by atoms with E-state index in [-0.39, 0.29) is 57.9 Å². The van der Waals surface area contributed by atoms with Crippen LogP contribution in [0.1, 0.15) is 48.6 Å². The Morgan fingerprint density at radius 2 is 1.84 bits per heavy atom. The molecule has 3 fully saturated rings. The summed E-state index contributed by atoms with van der Waals surface area (Å²) in [5.74, 6) is -2.63. The van der Waals surface area contributed by atoms with Crippen molar-refractivity contribution >= 4 is 52.5 Å². The second-order valence-electron chi connectivity index (χ2n) is 12.4. The van der Waals surface area contributed by atoms with Gasteiger partial charge in [0, 0.05) is 26.6 Å². The van der Waals surface area contributed by atoms with Gasteiger partial charge in [0.05, 0.1) is 16.9 Å². The first-order valence-electron chi connectivity index (χ1n) is 14.6. The summed E-state index contributed by atoms with van der Waals surface area (Å²) < 4.78 is 6.37. The highest BCUT2D eigenvalue weighted by atomic mass is 35.5. The molecule has 3 heterocycles. The van der Waals surface area contributed by atoms with Crippen LogP contribution in [0.5, 0.6) is 5.75 Å². The summed E-state index contributed by atoms with van der Waals surface area (Å²) in [5, 5.41) is 11.5. The van der Waals surface area contributed by atoms with Crippen LogP contribution in [-0.4, -0.2) is 44.1 Å². The van der Waals surface area contributed by atoms with Crippen LogP contribution in [0.2, 0.25) is 5.02 Å². The van der Waals surface area contributed by atoms with E-state index in [2.05, 4.69) is 4.98 Å². The van der Waals surface area contributed by atoms with Gasteiger partial charge in [0.25, 0.3) is 0 Å². The number of thioether (sulfide) groups is 1. The lowest BCUT2D eigenvalue weighted by molar-refractivity contribution is -0.156. The van der Waals surface area contributed by atoms with Gasteiger partial charge in [-0.1, -0.05) is 67.1 Å². The predicted molar refractivity (Wildman–Crippen MR) is 163 cm³/mol. The number of hydrogen-bond acceptors (Lipinski definition) is 7. The quantitative estimate of drug-likeness (QED) is 0.307. The van der Waals surface area contributed by atoms with E-state index < -0.39 is 23.8 Å². The molecule has 0 spiro atoms. The fraction of sp³-hybridized carbons (Fsp3) is 0.438. The number of aliphatic carboxylic acids is 1. The second-order valence-corrected chi connectivity index (χ2v) is 15.1. The molecule has 7 rings (SSSR count). The normalized spacial score (nSPS) is 29.5. The molecule has 2 aromatic carbocycles. The van der Waals surface area contributed by atoms with Gasteiger partial charge in [-0.15, -0.1) is 11.8 Å². The van der Waals surface area contributed by atoms with Gasteiger partial charge in [0.15, 0.2) is 0 Å². The van der Waals surface area contributed by atoms with Crippen molar-refractivity contribution in [3.63, 3.8) is 0 Å². The van der Waals surface area contributed by atoms with Gasteiger partial charge < -0.3 is 14.8 Å². The van der Waals surface area contributed by atoms with Crippen LogP contribution >= 0.6 is 34.7 Å². The summed E-state index contributed by atoms with van der Waals surface area (Å²) in [6.07, 6.45) is 0.952. The summed E-state index contributed by atoms with van der Waals surface area (Å²) >= 11 is 9.00. The number of amides is 2. The van der Waals surface area contributed by atoms with E-state index >= 15 is 0 Å². The molecule has 7 unspecified atom stereocenters. The fourth-order valence-corrected chi connectivity index (χ4v) is 11.2. The molecule has 8 atom stereocenters. The van der Waals surface area contributed by atoms with Gasteiger partial charge >= 0.3 is 10.8 Å². The van der Waals surface area contributed by atoms with Crippen LogP contribution in [-0.2, 0) is 21.0 Å². The summed E-state index contributed by atoms with van der Waals surface area (Å²) in [4.78, 5) is 57.6. The Labute approximate surface area is 261 Å². The van der Waals surface area contributed by atoms with E-state index in [9.17, 15) is 24.3 Å². The molecule has 43 heavy (non-hydrogen) atoms. The van der Waals surface area contributed by atoms with Gasteiger partial charge in [-0.05, 0) is 60.3 Å². The zero-order valence-corrected chi connectivity index (χ0v) is 26.0. The lowest BCUT2D eigenvalue weighted by atomic mass is 9.68. The highest BCUT2D eigenvalue weighted by Gasteiger charge is 2.70. The molecule has 2 saturated carbocycles. The number of rotatable bonds is 8. The third-order valence-corrected chi connectivity index (χ3v) is 12.4. The molecule has 4 aliphatic rings. The summed E-state index contributed by atoms with van der Waals surface area (Å²) in [7, 11) is 0. The molecule has 2 aliphatic heterocycles. The molecule has 3 aromatic rings. The number of thiazole rings is 1. The van der Waals surface area contributed by atoms with E-state index in [0.717, 1.165) is 32.4 Å². The van der Waals surface area contributed by atoms with Crippen LogP contribution in [0, 0.1) is 35.5 Å². The van der Waals surface area contributed by atoms with Crippen LogP contribution in [0.3, 0.4) is 0 Å². The Balaban J connectivity index is 1.27. The van der Waals surface area contributed by atoms with Crippen molar-refractivity contribution in [3.05, 3.63) is 79.2 Å². The van der Waals surface area contributed by atoms with Crippen molar-refractivity contribution in [1.29, 1.82) is 0 Å². The first-order chi connectivity index (χ1) is 20.6. The number of aromatic amines is 1. The number of hydrogen-bond donors (Lipinski definition) is 2. The minimum Gasteiger partial charge on any atom is -0.489 e.